The van der Waals surface area contributed by atoms with Gasteiger partial charge in [0, 0.05) is 25.6 Å². The van der Waals surface area contributed by atoms with Crippen LogP contribution in [0.4, 0.5) is 0 Å². The van der Waals surface area contributed by atoms with Crippen molar-refractivity contribution in [2.24, 2.45) is 5.92 Å². The topological polar surface area (TPSA) is 66.8 Å². The lowest BCUT2D eigenvalue weighted by molar-refractivity contribution is -0.141. The fraction of sp³-hybridized carbons (Fsp3) is 0.857. The van der Waals surface area contributed by atoms with Crippen LogP contribution in [-0.2, 0) is 14.3 Å². The van der Waals surface area contributed by atoms with E-state index in [1.54, 1.807) is 0 Å². The molecule has 1 aliphatic carbocycles. The van der Waals surface area contributed by atoms with Gasteiger partial charge in [0.05, 0.1) is 12.0 Å². The molecule has 0 aromatic rings. The van der Waals surface area contributed by atoms with Gasteiger partial charge in [-0.25, -0.2) is 0 Å². The van der Waals surface area contributed by atoms with Gasteiger partial charge < -0.3 is 14.7 Å². The molecule has 2 fully saturated rings. The Balaban J connectivity index is 1.88. The summed E-state index contributed by atoms with van der Waals surface area (Å²) in [6.07, 6.45) is 4.70. The summed E-state index contributed by atoms with van der Waals surface area (Å²) in [7, 11) is 0. The van der Waals surface area contributed by atoms with Crippen LogP contribution in [0.5, 0.6) is 0 Å². The monoisotopic (exact) mass is 269 g/mol. The largest absolute Gasteiger partial charge is 0.481 e. The van der Waals surface area contributed by atoms with Gasteiger partial charge in [0.25, 0.3) is 0 Å². The number of hydrogen-bond donors (Lipinski definition) is 1. The molecular formula is C14H23NO4. The van der Waals surface area contributed by atoms with Crippen LogP contribution in [0, 0.1) is 5.92 Å². The van der Waals surface area contributed by atoms with Gasteiger partial charge in [0.2, 0.25) is 5.91 Å². The first kappa shape index (κ1) is 14.3. The molecule has 1 aliphatic heterocycles. The quantitative estimate of drug-likeness (QED) is 0.796. The minimum absolute atomic E-state index is 0.0189. The van der Waals surface area contributed by atoms with E-state index in [1.807, 2.05) is 11.8 Å². The SMILES string of the molecule is CCOC1CC1C(=O)N1CCCCC1CCC(=O)O. The number of carboxylic acid groups (broad SMARTS) is 1. The van der Waals surface area contributed by atoms with Gasteiger partial charge in [0.15, 0.2) is 0 Å². The summed E-state index contributed by atoms with van der Waals surface area (Å²) in [4.78, 5) is 25.0. The number of hydrogen-bond acceptors (Lipinski definition) is 3. The predicted octanol–water partition coefficient (Wildman–Crippen LogP) is 1.66. The second kappa shape index (κ2) is 6.37. The molecule has 0 aromatic heterocycles. The molecule has 0 radical (unpaired) electrons. The van der Waals surface area contributed by atoms with Crippen LogP contribution < -0.4 is 0 Å². The van der Waals surface area contributed by atoms with E-state index in [9.17, 15) is 9.59 Å². The number of ether oxygens (including phenoxy) is 1. The number of carbonyl (C=O) groups excluding carboxylic acids is 1. The lowest BCUT2D eigenvalue weighted by Crippen LogP contribution is -2.45. The predicted molar refractivity (Wildman–Crippen MR) is 69.7 cm³/mol. The van der Waals surface area contributed by atoms with E-state index in [0.717, 1.165) is 32.2 Å². The summed E-state index contributed by atoms with van der Waals surface area (Å²) >= 11 is 0. The third-order valence-corrected chi connectivity index (χ3v) is 4.03. The maximum Gasteiger partial charge on any atom is 0.303 e. The number of nitrogens with zero attached hydrogens (tertiary/aromatic N) is 1. The molecule has 0 bridgehead atoms. The lowest BCUT2D eigenvalue weighted by Gasteiger charge is -2.36. The molecule has 2 aliphatic rings. The fourth-order valence-electron chi connectivity index (χ4n) is 2.92. The van der Waals surface area contributed by atoms with Crippen molar-refractivity contribution in [1.29, 1.82) is 0 Å². The minimum atomic E-state index is -0.781. The zero-order valence-corrected chi connectivity index (χ0v) is 11.5. The number of rotatable bonds is 6. The standard InChI is InChI=1S/C14H23NO4/c1-2-19-12-9-11(12)14(18)15-8-4-3-5-10(15)6-7-13(16)17/h10-12H,2-9H2,1H3,(H,16,17). The van der Waals surface area contributed by atoms with E-state index in [0.29, 0.717) is 13.0 Å². The summed E-state index contributed by atoms with van der Waals surface area (Å²) in [5.74, 6) is -0.587. The number of aliphatic carboxylic acids is 1. The minimum Gasteiger partial charge on any atom is -0.481 e. The summed E-state index contributed by atoms with van der Waals surface area (Å²) in [6.45, 7) is 3.37. The van der Waals surface area contributed by atoms with Gasteiger partial charge in [0.1, 0.15) is 0 Å². The van der Waals surface area contributed by atoms with Crippen LogP contribution in [0.1, 0.15) is 45.4 Å². The Bertz CT molecular complexity index is 344. The highest BCUT2D eigenvalue weighted by Gasteiger charge is 2.47. The van der Waals surface area contributed by atoms with E-state index in [1.165, 1.54) is 0 Å². The van der Waals surface area contributed by atoms with Crippen molar-refractivity contribution < 1.29 is 19.4 Å². The summed E-state index contributed by atoms with van der Waals surface area (Å²) in [5, 5.41) is 8.78. The lowest BCUT2D eigenvalue weighted by atomic mass is 9.97. The third kappa shape index (κ3) is 3.69. The van der Waals surface area contributed by atoms with Crippen LogP contribution in [0.15, 0.2) is 0 Å². The maximum absolute atomic E-state index is 12.4. The van der Waals surface area contributed by atoms with Crippen LogP contribution in [0.25, 0.3) is 0 Å². The zero-order valence-electron chi connectivity index (χ0n) is 11.5. The van der Waals surface area contributed by atoms with Gasteiger partial charge in [-0.2, -0.15) is 0 Å². The summed E-state index contributed by atoms with van der Waals surface area (Å²) in [6, 6.07) is 0.111. The second-order valence-electron chi connectivity index (χ2n) is 5.45. The summed E-state index contributed by atoms with van der Waals surface area (Å²) < 4.78 is 5.47. The van der Waals surface area contributed by atoms with Crippen molar-refractivity contribution >= 4 is 11.9 Å². The Hall–Kier alpha value is -1.10. The van der Waals surface area contributed by atoms with Gasteiger partial charge in [-0.05, 0) is 39.0 Å². The molecule has 3 unspecified atom stereocenters. The number of carbonyl (C=O) groups is 2. The molecule has 19 heavy (non-hydrogen) atoms. The third-order valence-electron chi connectivity index (χ3n) is 4.03. The average Bonchev–Trinajstić information content (AvgIpc) is 3.15. The van der Waals surface area contributed by atoms with Crippen LogP contribution >= 0.6 is 0 Å². The van der Waals surface area contributed by atoms with Crippen molar-refractivity contribution in [2.75, 3.05) is 13.2 Å². The van der Waals surface area contributed by atoms with Crippen molar-refractivity contribution in [3.05, 3.63) is 0 Å². The first-order valence-electron chi connectivity index (χ1n) is 7.27. The highest BCUT2D eigenvalue weighted by Crippen LogP contribution is 2.37. The summed E-state index contributed by atoms with van der Waals surface area (Å²) in [5.41, 5.74) is 0. The molecule has 1 saturated heterocycles. The number of amides is 1. The first-order chi connectivity index (χ1) is 9.13. The van der Waals surface area contributed by atoms with E-state index in [4.69, 9.17) is 9.84 Å². The van der Waals surface area contributed by atoms with Crippen molar-refractivity contribution in [2.45, 2.75) is 57.6 Å². The van der Waals surface area contributed by atoms with Gasteiger partial charge in [-0.15, -0.1) is 0 Å². The molecule has 0 aromatic carbocycles. The fourth-order valence-corrected chi connectivity index (χ4v) is 2.92. The Morgan fingerprint density at radius 3 is 2.84 bits per heavy atom. The molecule has 2 rings (SSSR count). The molecule has 1 N–H and O–H groups in total. The molecule has 108 valence electrons. The van der Waals surface area contributed by atoms with E-state index >= 15 is 0 Å². The van der Waals surface area contributed by atoms with Crippen molar-refractivity contribution in [3.8, 4) is 0 Å². The maximum atomic E-state index is 12.4. The molecule has 5 nitrogen and oxygen atoms in total. The van der Waals surface area contributed by atoms with Crippen LogP contribution in [0.3, 0.4) is 0 Å². The van der Waals surface area contributed by atoms with Crippen LogP contribution in [0.2, 0.25) is 0 Å². The normalized spacial score (nSPS) is 30.2. The first-order valence-corrected chi connectivity index (χ1v) is 7.27. The molecule has 1 amide bonds. The van der Waals surface area contributed by atoms with Crippen molar-refractivity contribution in [3.63, 3.8) is 0 Å². The second-order valence-corrected chi connectivity index (χ2v) is 5.45. The molecule has 5 heteroatoms. The highest BCUT2D eigenvalue weighted by molar-refractivity contribution is 5.82. The molecule has 0 spiro atoms. The molecule has 3 atom stereocenters. The number of piperidine rings is 1. The van der Waals surface area contributed by atoms with Gasteiger partial charge in [-0.3, -0.25) is 9.59 Å². The number of likely N-dealkylation sites (tertiary alicyclic amines) is 1. The Morgan fingerprint density at radius 2 is 2.16 bits per heavy atom. The average molecular weight is 269 g/mol. The Kier molecular flexibility index (Phi) is 4.80. The van der Waals surface area contributed by atoms with E-state index in [-0.39, 0.29) is 30.4 Å². The Labute approximate surface area is 113 Å². The molecular weight excluding hydrogens is 246 g/mol. The van der Waals surface area contributed by atoms with E-state index < -0.39 is 5.97 Å². The highest BCUT2D eigenvalue weighted by atomic mass is 16.5. The van der Waals surface area contributed by atoms with E-state index in [2.05, 4.69) is 0 Å². The Morgan fingerprint density at radius 1 is 1.37 bits per heavy atom. The zero-order chi connectivity index (χ0) is 13.8. The van der Waals surface area contributed by atoms with Crippen molar-refractivity contribution in [1.82, 2.24) is 4.90 Å². The molecule has 1 heterocycles. The van der Waals surface area contributed by atoms with Crippen LogP contribution in [-0.4, -0.2) is 47.2 Å². The molecule has 1 saturated carbocycles. The smallest absolute Gasteiger partial charge is 0.303 e. The number of carboxylic acids is 1. The van der Waals surface area contributed by atoms with Gasteiger partial charge in [-0.1, -0.05) is 0 Å². The van der Waals surface area contributed by atoms with Gasteiger partial charge >= 0.3 is 5.97 Å².